The minimum Gasteiger partial charge on any atom is -0.475 e. The maximum atomic E-state index is 12.7. The van der Waals surface area contributed by atoms with Gasteiger partial charge in [0.05, 0.1) is 4.88 Å². The Bertz CT molecular complexity index is 1070. The Morgan fingerprint density at radius 2 is 1.89 bits per heavy atom. The maximum Gasteiger partial charge on any atom is 0.490 e. The van der Waals surface area contributed by atoms with E-state index in [-0.39, 0.29) is 17.2 Å². The average Bonchev–Trinajstić information content (AvgIpc) is 3.53. The molecule has 1 spiro atoms. The molecule has 0 bridgehead atoms. The molecule has 0 saturated carbocycles. The minimum absolute atomic E-state index is 0.103. The fourth-order valence-corrected chi connectivity index (χ4v) is 5.01. The van der Waals surface area contributed by atoms with Crippen molar-refractivity contribution in [2.45, 2.75) is 38.4 Å². The normalized spacial score (nSPS) is 19.4. The number of thiophene rings is 1. The van der Waals surface area contributed by atoms with E-state index >= 15 is 0 Å². The molecule has 36 heavy (non-hydrogen) atoms. The molecule has 2 amide bonds. The molecule has 1 atom stereocenters. The van der Waals surface area contributed by atoms with Crippen LogP contribution >= 0.6 is 11.3 Å². The Labute approximate surface area is 210 Å². The topological polar surface area (TPSA) is 121 Å². The molecular formula is C22H29F3N6O4S. The van der Waals surface area contributed by atoms with Crippen molar-refractivity contribution < 1.29 is 32.7 Å². The molecule has 0 aromatic carbocycles. The lowest BCUT2D eigenvalue weighted by molar-refractivity contribution is -0.192. The molecule has 2 aromatic heterocycles. The number of carbonyl (C=O) groups excluding carboxylic acids is 2. The highest BCUT2D eigenvalue weighted by molar-refractivity contribution is 7.12. The van der Waals surface area contributed by atoms with E-state index in [1.54, 1.807) is 0 Å². The standard InChI is InChI=1S/C20H28N6O2S.C2HF3O2/c1-24(2)12-9-21-18(27)17-23-22-16-5-6-20(8-11-26(16)17)7-10-25(14-20)19(28)15-4-3-13-29-15;3-2(4,5)1(6)7/h3-4,13H,5-12,14H2,1-2H3,(H,21,27);(H,6,7). The van der Waals surface area contributed by atoms with E-state index in [1.807, 2.05) is 46.0 Å². The number of halogens is 3. The fraction of sp³-hybridized carbons (Fsp3) is 0.591. The van der Waals surface area contributed by atoms with E-state index in [0.717, 1.165) is 62.6 Å². The number of fused-ring (bicyclic) bond motifs is 1. The Balaban J connectivity index is 0.000000454. The number of rotatable bonds is 5. The summed E-state index contributed by atoms with van der Waals surface area (Å²) in [6, 6.07) is 3.82. The predicted octanol–water partition coefficient (Wildman–Crippen LogP) is 2.13. The number of hydrogen-bond donors (Lipinski definition) is 2. The molecule has 2 aliphatic rings. The van der Waals surface area contributed by atoms with Gasteiger partial charge in [-0.25, -0.2) is 4.79 Å². The minimum atomic E-state index is -5.08. The van der Waals surface area contributed by atoms with Gasteiger partial charge >= 0.3 is 12.1 Å². The highest BCUT2D eigenvalue weighted by atomic mass is 32.1. The molecule has 0 radical (unpaired) electrons. The van der Waals surface area contributed by atoms with Crippen molar-refractivity contribution in [1.82, 2.24) is 29.9 Å². The molecule has 14 heteroatoms. The van der Waals surface area contributed by atoms with Crippen molar-refractivity contribution in [3.63, 3.8) is 0 Å². The number of carboxylic acid groups (broad SMARTS) is 1. The second-order valence-corrected chi connectivity index (χ2v) is 10.1. The number of carbonyl (C=O) groups is 3. The Morgan fingerprint density at radius 1 is 1.19 bits per heavy atom. The SMILES string of the molecule is CN(C)CCNC(=O)c1nnc2n1CCC1(CC2)CCN(C(=O)c2cccs2)C1.O=C(O)C(F)(F)F. The lowest BCUT2D eigenvalue weighted by atomic mass is 9.80. The van der Waals surface area contributed by atoms with E-state index in [9.17, 15) is 22.8 Å². The second-order valence-electron chi connectivity index (χ2n) is 9.16. The lowest BCUT2D eigenvalue weighted by Crippen LogP contribution is -2.33. The number of aryl methyl sites for hydroxylation is 1. The molecule has 2 N–H and O–H groups in total. The van der Waals surface area contributed by atoms with Crippen molar-refractivity contribution in [3.05, 3.63) is 34.0 Å². The quantitative estimate of drug-likeness (QED) is 0.608. The summed E-state index contributed by atoms with van der Waals surface area (Å²) in [5, 5.41) is 20.4. The van der Waals surface area contributed by atoms with Crippen LogP contribution in [0.3, 0.4) is 0 Å². The molecule has 0 aliphatic carbocycles. The van der Waals surface area contributed by atoms with Crippen LogP contribution in [0.2, 0.25) is 0 Å². The van der Waals surface area contributed by atoms with Crippen LogP contribution < -0.4 is 5.32 Å². The number of hydrogen-bond acceptors (Lipinski definition) is 7. The fourth-order valence-electron chi connectivity index (χ4n) is 4.32. The van der Waals surface area contributed by atoms with E-state index in [4.69, 9.17) is 9.90 Å². The third kappa shape index (κ3) is 6.81. The van der Waals surface area contributed by atoms with Gasteiger partial charge in [0.2, 0.25) is 5.82 Å². The highest BCUT2D eigenvalue weighted by Crippen LogP contribution is 2.41. The molecule has 198 valence electrons. The Kier molecular flexibility index (Phi) is 8.71. The van der Waals surface area contributed by atoms with Crippen LogP contribution in [-0.2, 0) is 17.8 Å². The van der Waals surface area contributed by atoms with Crippen molar-refractivity contribution in [1.29, 1.82) is 0 Å². The second kappa shape index (κ2) is 11.4. The van der Waals surface area contributed by atoms with Crippen LogP contribution in [0.1, 0.15) is 45.4 Å². The van der Waals surface area contributed by atoms with Gasteiger partial charge in [-0.05, 0) is 50.2 Å². The zero-order valence-corrected chi connectivity index (χ0v) is 20.9. The van der Waals surface area contributed by atoms with Gasteiger partial charge in [0.25, 0.3) is 11.8 Å². The number of nitrogens with one attached hydrogen (secondary N) is 1. The van der Waals surface area contributed by atoms with E-state index in [1.165, 1.54) is 11.3 Å². The summed E-state index contributed by atoms with van der Waals surface area (Å²) in [5.41, 5.74) is 0.103. The molecular weight excluding hydrogens is 501 g/mol. The van der Waals surface area contributed by atoms with Crippen LogP contribution in [0.25, 0.3) is 0 Å². The highest BCUT2D eigenvalue weighted by Gasteiger charge is 2.42. The van der Waals surface area contributed by atoms with Crippen molar-refractivity contribution in [2.75, 3.05) is 40.3 Å². The molecule has 2 aromatic rings. The summed E-state index contributed by atoms with van der Waals surface area (Å²) >= 11 is 1.50. The summed E-state index contributed by atoms with van der Waals surface area (Å²) < 4.78 is 33.7. The van der Waals surface area contributed by atoms with E-state index in [0.29, 0.717) is 12.4 Å². The number of carboxylic acids is 1. The zero-order chi connectivity index (χ0) is 26.5. The third-order valence-electron chi connectivity index (χ3n) is 6.32. The Morgan fingerprint density at radius 3 is 2.50 bits per heavy atom. The zero-order valence-electron chi connectivity index (χ0n) is 20.0. The van der Waals surface area contributed by atoms with Gasteiger partial charge in [-0.3, -0.25) is 9.59 Å². The first kappa shape index (κ1) is 27.6. The van der Waals surface area contributed by atoms with Crippen LogP contribution in [0, 0.1) is 5.41 Å². The first-order valence-corrected chi connectivity index (χ1v) is 12.3. The molecule has 10 nitrogen and oxygen atoms in total. The van der Waals surface area contributed by atoms with Gasteiger partial charge in [0.1, 0.15) is 5.82 Å². The first-order valence-electron chi connectivity index (χ1n) is 11.4. The van der Waals surface area contributed by atoms with Gasteiger partial charge in [-0.2, -0.15) is 13.2 Å². The van der Waals surface area contributed by atoms with E-state index in [2.05, 4.69) is 15.5 Å². The monoisotopic (exact) mass is 530 g/mol. The number of likely N-dealkylation sites (tertiary alicyclic amines) is 1. The summed E-state index contributed by atoms with van der Waals surface area (Å²) in [7, 11) is 3.95. The first-order chi connectivity index (χ1) is 16.9. The summed E-state index contributed by atoms with van der Waals surface area (Å²) in [4.78, 5) is 39.0. The number of alkyl halides is 3. The van der Waals surface area contributed by atoms with E-state index < -0.39 is 12.1 Å². The van der Waals surface area contributed by atoms with Crippen LogP contribution in [0.5, 0.6) is 0 Å². The molecule has 1 fully saturated rings. The van der Waals surface area contributed by atoms with Crippen molar-refractivity contribution >= 4 is 29.1 Å². The number of likely N-dealkylation sites (N-methyl/N-ethyl adjacent to an activating group) is 1. The van der Waals surface area contributed by atoms with Gasteiger partial charge in [-0.15, -0.1) is 21.5 Å². The van der Waals surface area contributed by atoms with Gasteiger partial charge in [0, 0.05) is 39.1 Å². The molecule has 1 saturated heterocycles. The van der Waals surface area contributed by atoms with Crippen molar-refractivity contribution in [3.8, 4) is 0 Å². The number of aliphatic carboxylic acids is 1. The number of nitrogens with zero attached hydrogens (tertiary/aromatic N) is 5. The molecule has 2 aliphatic heterocycles. The summed E-state index contributed by atoms with van der Waals surface area (Å²) in [6.45, 7) is 3.67. The van der Waals surface area contributed by atoms with Crippen LogP contribution in [0.4, 0.5) is 13.2 Å². The molecule has 4 rings (SSSR count). The van der Waals surface area contributed by atoms with Crippen LogP contribution in [-0.4, -0.2) is 93.9 Å². The van der Waals surface area contributed by atoms with Gasteiger partial charge in [0.15, 0.2) is 0 Å². The predicted molar refractivity (Wildman–Crippen MR) is 125 cm³/mol. The van der Waals surface area contributed by atoms with Gasteiger partial charge in [-0.1, -0.05) is 6.07 Å². The maximum absolute atomic E-state index is 12.7. The number of amides is 2. The average molecular weight is 531 g/mol. The molecule has 1 unspecified atom stereocenters. The Hall–Kier alpha value is -3.00. The smallest absolute Gasteiger partial charge is 0.475 e. The summed E-state index contributed by atoms with van der Waals surface area (Å²) in [5.74, 6) is -1.50. The van der Waals surface area contributed by atoms with Crippen molar-refractivity contribution in [2.24, 2.45) is 5.41 Å². The lowest BCUT2D eigenvalue weighted by Gasteiger charge is -2.27. The van der Waals surface area contributed by atoms with Gasteiger partial charge < -0.3 is 24.8 Å². The number of aromatic nitrogens is 3. The van der Waals surface area contributed by atoms with Crippen LogP contribution in [0.15, 0.2) is 17.5 Å². The molecule has 4 heterocycles. The summed E-state index contributed by atoms with van der Waals surface area (Å²) in [6.07, 6.45) is -1.38. The largest absolute Gasteiger partial charge is 0.490 e. The third-order valence-corrected chi connectivity index (χ3v) is 7.18.